The number of carboxylic acid groups (broad SMARTS) is 1. The van der Waals surface area contributed by atoms with E-state index in [1.54, 1.807) is 6.92 Å². The fraction of sp³-hybridized carbons (Fsp3) is 0.333. The molecule has 0 heterocycles. The molecule has 21 heavy (non-hydrogen) atoms. The van der Waals surface area contributed by atoms with Crippen molar-refractivity contribution < 1.29 is 27.9 Å². The van der Waals surface area contributed by atoms with E-state index in [1.807, 2.05) is 0 Å². The SMILES string of the molecule is CCNC(=O)C(C)Oc1ccc(C(=O)O)cc1S(N)(=O)=O. The van der Waals surface area contributed by atoms with Crippen LogP contribution in [0, 0.1) is 0 Å². The zero-order valence-electron chi connectivity index (χ0n) is 11.5. The Morgan fingerprint density at radius 1 is 1.43 bits per heavy atom. The molecule has 1 unspecified atom stereocenters. The number of carbonyl (C=O) groups is 2. The van der Waals surface area contributed by atoms with E-state index in [1.165, 1.54) is 6.92 Å². The number of rotatable bonds is 6. The average molecular weight is 316 g/mol. The molecule has 0 fully saturated rings. The number of likely N-dealkylation sites (N-methyl/N-ethyl adjacent to an activating group) is 1. The number of carboxylic acids is 1. The van der Waals surface area contributed by atoms with Gasteiger partial charge in [0.25, 0.3) is 5.91 Å². The minimum absolute atomic E-state index is 0.179. The van der Waals surface area contributed by atoms with E-state index >= 15 is 0 Å². The summed E-state index contributed by atoms with van der Waals surface area (Å²) in [5.74, 6) is -1.91. The van der Waals surface area contributed by atoms with Crippen LogP contribution >= 0.6 is 0 Å². The van der Waals surface area contributed by atoms with Crippen LogP contribution in [-0.2, 0) is 14.8 Å². The monoisotopic (exact) mass is 316 g/mol. The third-order valence-corrected chi connectivity index (χ3v) is 3.45. The number of nitrogens with one attached hydrogen (secondary N) is 1. The van der Waals surface area contributed by atoms with Gasteiger partial charge in [0.05, 0.1) is 5.56 Å². The maximum Gasteiger partial charge on any atom is 0.335 e. The molecule has 1 amide bonds. The molecule has 0 aliphatic rings. The molecule has 116 valence electrons. The molecule has 4 N–H and O–H groups in total. The molecular formula is C12H16N2O6S. The van der Waals surface area contributed by atoms with Gasteiger partial charge in [-0.1, -0.05) is 0 Å². The summed E-state index contributed by atoms with van der Waals surface area (Å²) in [5, 5.41) is 16.4. The first kappa shape index (κ1) is 16.9. The van der Waals surface area contributed by atoms with E-state index in [9.17, 15) is 18.0 Å². The summed E-state index contributed by atoms with van der Waals surface area (Å²) in [6.07, 6.45) is -0.957. The maximum atomic E-state index is 11.6. The smallest absolute Gasteiger partial charge is 0.335 e. The van der Waals surface area contributed by atoms with Gasteiger partial charge >= 0.3 is 5.97 Å². The Bertz CT molecular complexity index is 656. The summed E-state index contributed by atoms with van der Waals surface area (Å²) in [6, 6.07) is 3.20. The van der Waals surface area contributed by atoms with Gasteiger partial charge in [-0.15, -0.1) is 0 Å². The zero-order valence-corrected chi connectivity index (χ0v) is 12.3. The highest BCUT2D eigenvalue weighted by Gasteiger charge is 2.22. The second-order valence-corrected chi connectivity index (χ2v) is 5.70. The van der Waals surface area contributed by atoms with Crippen LogP contribution in [-0.4, -0.2) is 38.0 Å². The Labute approximate surface area is 122 Å². The van der Waals surface area contributed by atoms with Crippen LogP contribution in [0.25, 0.3) is 0 Å². The number of ether oxygens (including phenoxy) is 1. The van der Waals surface area contributed by atoms with Gasteiger partial charge in [-0.3, -0.25) is 4.79 Å². The normalized spacial score (nSPS) is 12.5. The number of hydrogen-bond donors (Lipinski definition) is 3. The van der Waals surface area contributed by atoms with E-state index in [-0.39, 0.29) is 11.3 Å². The van der Waals surface area contributed by atoms with Crippen LogP contribution in [0.15, 0.2) is 23.1 Å². The number of hydrogen-bond acceptors (Lipinski definition) is 5. The van der Waals surface area contributed by atoms with Crippen LogP contribution in [0.4, 0.5) is 0 Å². The number of nitrogens with two attached hydrogens (primary N) is 1. The molecule has 0 spiro atoms. The number of benzene rings is 1. The average Bonchev–Trinajstić information content (AvgIpc) is 2.37. The molecule has 1 aromatic rings. The summed E-state index contributed by atoms with van der Waals surface area (Å²) >= 11 is 0. The van der Waals surface area contributed by atoms with Crippen molar-refractivity contribution in [3.05, 3.63) is 23.8 Å². The molecule has 0 saturated carbocycles. The first-order chi connectivity index (χ1) is 9.66. The minimum atomic E-state index is -4.19. The van der Waals surface area contributed by atoms with Crippen LogP contribution in [0.1, 0.15) is 24.2 Å². The highest BCUT2D eigenvalue weighted by atomic mass is 32.2. The fourth-order valence-electron chi connectivity index (χ4n) is 1.52. The predicted octanol–water partition coefficient (Wildman–Crippen LogP) is -0.0644. The zero-order chi connectivity index (χ0) is 16.2. The Kier molecular flexibility index (Phi) is 5.28. The number of primary sulfonamides is 1. The molecule has 1 aromatic carbocycles. The Hall–Kier alpha value is -2.13. The molecule has 0 saturated heterocycles. The highest BCUT2D eigenvalue weighted by Crippen LogP contribution is 2.25. The lowest BCUT2D eigenvalue weighted by Gasteiger charge is -2.16. The fourth-order valence-corrected chi connectivity index (χ4v) is 2.21. The summed E-state index contributed by atoms with van der Waals surface area (Å²) < 4.78 is 28.3. The molecule has 8 nitrogen and oxygen atoms in total. The van der Waals surface area contributed by atoms with Crippen molar-refractivity contribution in [3.8, 4) is 5.75 Å². The molecule has 9 heteroatoms. The van der Waals surface area contributed by atoms with E-state index in [0.29, 0.717) is 6.54 Å². The van der Waals surface area contributed by atoms with Gasteiger partial charge in [0.2, 0.25) is 10.0 Å². The van der Waals surface area contributed by atoms with Gasteiger partial charge in [-0.2, -0.15) is 0 Å². The number of aromatic carboxylic acids is 1. The van der Waals surface area contributed by atoms with E-state index in [0.717, 1.165) is 18.2 Å². The summed E-state index contributed by atoms with van der Waals surface area (Å²) in [4.78, 5) is 22.0. The van der Waals surface area contributed by atoms with Crippen molar-refractivity contribution in [3.63, 3.8) is 0 Å². The minimum Gasteiger partial charge on any atom is -0.479 e. The van der Waals surface area contributed by atoms with Gasteiger partial charge in [0.15, 0.2) is 6.10 Å². The van der Waals surface area contributed by atoms with E-state index < -0.39 is 32.9 Å². The summed E-state index contributed by atoms with van der Waals surface area (Å²) in [6.45, 7) is 3.55. The number of amides is 1. The molecule has 1 rings (SSSR count). The quantitative estimate of drug-likeness (QED) is 0.672. The van der Waals surface area contributed by atoms with Crippen molar-refractivity contribution in [2.45, 2.75) is 24.8 Å². The van der Waals surface area contributed by atoms with Crippen LogP contribution in [0.3, 0.4) is 0 Å². The molecule has 0 aromatic heterocycles. The molecule has 1 atom stereocenters. The van der Waals surface area contributed by atoms with Crippen molar-refractivity contribution >= 4 is 21.9 Å². The first-order valence-electron chi connectivity index (χ1n) is 6.01. The number of carbonyl (C=O) groups excluding carboxylic acids is 1. The van der Waals surface area contributed by atoms with Gasteiger partial charge in [0.1, 0.15) is 10.6 Å². The van der Waals surface area contributed by atoms with Gasteiger partial charge in [0, 0.05) is 6.54 Å². The van der Waals surface area contributed by atoms with Gasteiger partial charge in [-0.05, 0) is 32.0 Å². The lowest BCUT2D eigenvalue weighted by molar-refractivity contribution is -0.127. The van der Waals surface area contributed by atoms with Crippen LogP contribution < -0.4 is 15.2 Å². The first-order valence-corrected chi connectivity index (χ1v) is 7.56. The number of sulfonamides is 1. The largest absolute Gasteiger partial charge is 0.479 e. The molecule has 0 aliphatic carbocycles. The summed E-state index contributed by atoms with van der Waals surface area (Å²) in [7, 11) is -4.19. The maximum absolute atomic E-state index is 11.6. The lowest BCUT2D eigenvalue weighted by atomic mass is 10.2. The Morgan fingerprint density at radius 2 is 2.05 bits per heavy atom. The van der Waals surface area contributed by atoms with Gasteiger partial charge in [-0.25, -0.2) is 18.4 Å². The van der Waals surface area contributed by atoms with Crippen molar-refractivity contribution in [2.75, 3.05) is 6.54 Å². The highest BCUT2D eigenvalue weighted by molar-refractivity contribution is 7.89. The van der Waals surface area contributed by atoms with Gasteiger partial charge < -0.3 is 15.2 Å². The standard InChI is InChI=1S/C12H16N2O6S/c1-3-14-11(15)7(2)20-9-5-4-8(12(16)17)6-10(9)21(13,18)19/h4-7H,3H2,1-2H3,(H,14,15)(H,16,17)(H2,13,18,19). The second-order valence-electron chi connectivity index (χ2n) is 4.17. The topological polar surface area (TPSA) is 136 Å². The van der Waals surface area contributed by atoms with Crippen molar-refractivity contribution in [1.82, 2.24) is 5.32 Å². The van der Waals surface area contributed by atoms with E-state index in [4.69, 9.17) is 15.0 Å². The molecule has 0 bridgehead atoms. The van der Waals surface area contributed by atoms with Crippen LogP contribution in [0.2, 0.25) is 0 Å². The van der Waals surface area contributed by atoms with Crippen molar-refractivity contribution in [2.24, 2.45) is 5.14 Å². The molecular weight excluding hydrogens is 300 g/mol. The van der Waals surface area contributed by atoms with Crippen LogP contribution in [0.5, 0.6) is 5.75 Å². The van der Waals surface area contributed by atoms with E-state index in [2.05, 4.69) is 5.32 Å². The second kappa shape index (κ2) is 6.55. The summed E-state index contributed by atoms with van der Waals surface area (Å²) in [5.41, 5.74) is -0.253. The third kappa shape index (κ3) is 4.43. The Morgan fingerprint density at radius 3 is 2.52 bits per heavy atom. The Balaban J connectivity index is 3.18. The lowest BCUT2D eigenvalue weighted by Crippen LogP contribution is -2.36. The van der Waals surface area contributed by atoms with Crippen molar-refractivity contribution in [1.29, 1.82) is 0 Å². The third-order valence-electron chi connectivity index (χ3n) is 2.52. The molecule has 0 aliphatic heterocycles. The predicted molar refractivity (Wildman–Crippen MR) is 73.5 cm³/mol. The molecule has 0 radical (unpaired) electrons.